The van der Waals surface area contributed by atoms with Crippen molar-refractivity contribution in [3.8, 4) is 11.5 Å². The summed E-state index contributed by atoms with van der Waals surface area (Å²) in [5, 5.41) is 2.56. The van der Waals surface area contributed by atoms with Gasteiger partial charge >= 0.3 is 5.97 Å². The third-order valence-electron chi connectivity index (χ3n) is 3.56. The van der Waals surface area contributed by atoms with Gasteiger partial charge in [-0.1, -0.05) is 22.0 Å². The lowest BCUT2D eigenvalue weighted by Crippen LogP contribution is -2.22. The third kappa shape index (κ3) is 4.02. The van der Waals surface area contributed by atoms with E-state index in [-0.39, 0.29) is 23.8 Å². The Kier molecular flexibility index (Phi) is 5.22. The molecule has 2 aromatic rings. The highest BCUT2D eigenvalue weighted by atomic mass is 79.9. The number of Topliss-reactive ketones (excluding diaryl/α,β-unsaturated/α-hetero) is 1. The van der Waals surface area contributed by atoms with Gasteiger partial charge in [0.05, 0.1) is 11.3 Å². The summed E-state index contributed by atoms with van der Waals surface area (Å²) < 4.78 is 16.2. The van der Waals surface area contributed by atoms with Crippen molar-refractivity contribution in [1.29, 1.82) is 0 Å². The lowest BCUT2D eigenvalue weighted by Gasteiger charge is -2.11. The average molecular weight is 420 g/mol. The molecule has 1 heterocycles. The maximum atomic E-state index is 12.1. The maximum Gasteiger partial charge on any atom is 0.338 e. The standard InChI is InChI=1S/C18H14BrNO6/c1-10(21)13-6-15-16(26-9-25-15)7-14(13)20-17(22)8-24-18(23)11-3-2-4-12(19)5-11/h2-7H,8-9H2,1H3,(H,20,22). The van der Waals surface area contributed by atoms with E-state index in [1.165, 1.54) is 19.1 Å². The number of halogens is 1. The van der Waals surface area contributed by atoms with Gasteiger partial charge in [-0.15, -0.1) is 0 Å². The first-order valence-electron chi connectivity index (χ1n) is 7.61. The number of fused-ring (bicyclic) bond motifs is 1. The van der Waals surface area contributed by atoms with Crippen LogP contribution in [0.2, 0.25) is 0 Å². The Balaban J connectivity index is 1.67. The van der Waals surface area contributed by atoms with E-state index < -0.39 is 18.5 Å². The summed E-state index contributed by atoms with van der Waals surface area (Å²) in [5.74, 6) is -0.580. The Morgan fingerprint density at radius 1 is 1.15 bits per heavy atom. The van der Waals surface area contributed by atoms with Crippen LogP contribution in [0.15, 0.2) is 40.9 Å². The quantitative estimate of drug-likeness (QED) is 0.590. The van der Waals surface area contributed by atoms with Crippen molar-refractivity contribution in [2.24, 2.45) is 0 Å². The lowest BCUT2D eigenvalue weighted by molar-refractivity contribution is -0.119. The molecule has 0 bridgehead atoms. The topological polar surface area (TPSA) is 90.9 Å². The molecule has 26 heavy (non-hydrogen) atoms. The molecule has 1 aliphatic rings. The lowest BCUT2D eigenvalue weighted by atomic mass is 10.1. The Bertz CT molecular complexity index is 895. The number of nitrogens with one attached hydrogen (secondary N) is 1. The molecule has 0 atom stereocenters. The Hall–Kier alpha value is -2.87. The number of hydrogen-bond acceptors (Lipinski definition) is 6. The molecule has 0 fully saturated rings. The van der Waals surface area contributed by atoms with E-state index in [0.29, 0.717) is 17.1 Å². The number of benzene rings is 2. The smallest absolute Gasteiger partial charge is 0.338 e. The van der Waals surface area contributed by atoms with Crippen LogP contribution >= 0.6 is 15.9 Å². The van der Waals surface area contributed by atoms with E-state index in [0.717, 1.165) is 4.47 Å². The van der Waals surface area contributed by atoms with Gasteiger partial charge in [-0.3, -0.25) is 9.59 Å². The molecule has 134 valence electrons. The van der Waals surface area contributed by atoms with Gasteiger partial charge in [0.2, 0.25) is 6.79 Å². The fourth-order valence-electron chi connectivity index (χ4n) is 2.35. The first kappa shape index (κ1) is 17.9. The number of carbonyl (C=O) groups excluding carboxylic acids is 3. The minimum Gasteiger partial charge on any atom is -0.454 e. The van der Waals surface area contributed by atoms with Crippen molar-refractivity contribution < 1.29 is 28.6 Å². The summed E-state index contributed by atoms with van der Waals surface area (Å²) in [4.78, 5) is 35.9. The highest BCUT2D eigenvalue weighted by Crippen LogP contribution is 2.37. The van der Waals surface area contributed by atoms with Crippen LogP contribution in [0.1, 0.15) is 27.6 Å². The largest absolute Gasteiger partial charge is 0.454 e. The van der Waals surface area contributed by atoms with Crippen LogP contribution in [0.5, 0.6) is 11.5 Å². The number of ether oxygens (including phenoxy) is 3. The van der Waals surface area contributed by atoms with Crippen LogP contribution in [0, 0.1) is 0 Å². The molecule has 2 aromatic carbocycles. The summed E-state index contributed by atoms with van der Waals surface area (Å²) in [6.45, 7) is 0.936. The molecule has 7 nitrogen and oxygen atoms in total. The van der Waals surface area contributed by atoms with Gasteiger partial charge in [0.1, 0.15) is 0 Å². The van der Waals surface area contributed by atoms with Gasteiger partial charge in [0.25, 0.3) is 5.91 Å². The van der Waals surface area contributed by atoms with E-state index in [9.17, 15) is 14.4 Å². The van der Waals surface area contributed by atoms with Gasteiger partial charge in [-0.25, -0.2) is 4.79 Å². The molecular formula is C18H14BrNO6. The van der Waals surface area contributed by atoms with Crippen molar-refractivity contribution in [3.05, 3.63) is 52.0 Å². The van der Waals surface area contributed by atoms with Crippen LogP contribution in [-0.2, 0) is 9.53 Å². The van der Waals surface area contributed by atoms with Crippen molar-refractivity contribution >= 4 is 39.3 Å². The summed E-state index contributed by atoms with van der Waals surface area (Å²) in [5.41, 5.74) is 0.867. The van der Waals surface area contributed by atoms with Gasteiger partial charge in [0, 0.05) is 16.1 Å². The molecule has 1 N–H and O–H groups in total. The van der Waals surface area contributed by atoms with E-state index in [1.54, 1.807) is 24.3 Å². The average Bonchev–Trinajstić information content (AvgIpc) is 3.06. The molecular weight excluding hydrogens is 406 g/mol. The minimum absolute atomic E-state index is 0.0499. The van der Waals surface area contributed by atoms with Gasteiger partial charge in [-0.2, -0.15) is 0 Å². The zero-order chi connectivity index (χ0) is 18.7. The second-order valence-electron chi connectivity index (χ2n) is 5.44. The Labute approximate surface area is 157 Å². The van der Waals surface area contributed by atoms with Gasteiger partial charge < -0.3 is 19.5 Å². The van der Waals surface area contributed by atoms with Gasteiger partial charge in [0.15, 0.2) is 23.9 Å². The fraction of sp³-hybridized carbons (Fsp3) is 0.167. The second kappa shape index (κ2) is 7.57. The molecule has 1 aliphatic heterocycles. The van der Waals surface area contributed by atoms with E-state index in [2.05, 4.69) is 21.2 Å². The zero-order valence-corrected chi connectivity index (χ0v) is 15.3. The van der Waals surface area contributed by atoms with Crippen molar-refractivity contribution in [2.75, 3.05) is 18.7 Å². The number of carbonyl (C=O) groups is 3. The highest BCUT2D eigenvalue weighted by Gasteiger charge is 2.21. The number of esters is 1. The minimum atomic E-state index is -0.626. The number of rotatable bonds is 5. The molecule has 0 aliphatic carbocycles. The van der Waals surface area contributed by atoms with Crippen molar-refractivity contribution in [3.63, 3.8) is 0 Å². The van der Waals surface area contributed by atoms with Crippen LogP contribution in [-0.4, -0.2) is 31.1 Å². The van der Waals surface area contributed by atoms with E-state index in [1.807, 2.05) is 0 Å². The van der Waals surface area contributed by atoms with Crippen LogP contribution in [0.4, 0.5) is 5.69 Å². The molecule has 3 rings (SSSR count). The Morgan fingerprint density at radius 2 is 1.88 bits per heavy atom. The predicted octanol–water partition coefficient (Wildman–Crippen LogP) is 3.18. The maximum absolute atomic E-state index is 12.1. The monoisotopic (exact) mass is 419 g/mol. The second-order valence-corrected chi connectivity index (χ2v) is 6.36. The number of ketones is 1. The summed E-state index contributed by atoms with van der Waals surface area (Å²) >= 11 is 3.26. The van der Waals surface area contributed by atoms with Crippen LogP contribution in [0.3, 0.4) is 0 Å². The normalized spacial score (nSPS) is 11.8. The molecule has 1 amide bonds. The van der Waals surface area contributed by atoms with Crippen LogP contribution < -0.4 is 14.8 Å². The number of hydrogen-bond donors (Lipinski definition) is 1. The first-order valence-corrected chi connectivity index (χ1v) is 8.40. The summed E-state index contributed by atoms with van der Waals surface area (Å²) in [6.07, 6.45) is 0. The van der Waals surface area contributed by atoms with Gasteiger partial charge in [-0.05, 0) is 31.2 Å². The molecule has 0 unspecified atom stereocenters. The van der Waals surface area contributed by atoms with Crippen molar-refractivity contribution in [1.82, 2.24) is 0 Å². The Morgan fingerprint density at radius 3 is 2.58 bits per heavy atom. The molecule has 0 aromatic heterocycles. The third-order valence-corrected chi connectivity index (χ3v) is 4.05. The SMILES string of the molecule is CC(=O)c1cc2c(cc1NC(=O)COC(=O)c1cccc(Br)c1)OCO2. The predicted molar refractivity (Wildman–Crippen MR) is 95.6 cm³/mol. The fourth-order valence-corrected chi connectivity index (χ4v) is 2.75. The molecule has 0 spiro atoms. The molecule has 8 heteroatoms. The number of amides is 1. The highest BCUT2D eigenvalue weighted by molar-refractivity contribution is 9.10. The van der Waals surface area contributed by atoms with Crippen LogP contribution in [0.25, 0.3) is 0 Å². The molecule has 0 saturated carbocycles. The summed E-state index contributed by atoms with van der Waals surface area (Å²) in [6, 6.07) is 9.64. The molecule has 0 saturated heterocycles. The summed E-state index contributed by atoms with van der Waals surface area (Å²) in [7, 11) is 0. The number of anilines is 1. The first-order chi connectivity index (χ1) is 12.4. The van der Waals surface area contributed by atoms with Crippen molar-refractivity contribution in [2.45, 2.75) is 6.92 Å². The zero-order valence-electron chi connectivity index (χ0n) is 13.7. The van der Waals surface area contributed by atoms with E-state index >= 15 is 0 Å². The van der Waals surface area contributed by atoms with E-state index in [4.69, 9.17) is 14.2 Å². The molecule has 0 radical (unpaired) electrons.